The third-order valence-corrected chi connectivity index (χ3v) is 5.99. The molecule has 3 aromatic rings. The summed E-state index contributed by atoms with van der Waals surface area (Å²) in [5.41, 5.74) is -0.627. The number of benzene rings is 2. The highest BCUT2D eigenvalue weighted by atomic mass is 35.5. The van der Waals surface area contributed by atoms with Crippen molar-refractivity contribution in [1.82, 2.24) is 14.9 Å². The van der Waals surface area contributed by atoms with E-state index in [1.165, 1.54) is 30.6 Å². The molecular formula is C23H21ClF2N4O2. The van der Waals surface area contributed by atoms with Gasteiger partial charge in [0.05, 0.1) is 10.6 Å². The zero-order valence-electron chi connectivity index (χ0n) is 17.5. The lowest BCUT2D eigenvalue weighted by Crippen LogP contribution is -2.58. The second-order valence-electron chi connectivity index (χ2n) is 7.83. The number of phenols is 1. The van der Waals surface area contributed by atoms with Crippen molar-refractivity contribution < 1.29 is 18.7 Å². The van der Waals surface area contributed by atoms with Gasteiger partial charge < -0.3 is 14.9 Å². The summed E-state index contributed by atoms with van der Waals surface area (Å²) >= 11 is 6.40. The molecule has 1 amide bonds. The number of halogens is 3. The molecule has 1 fully saturated rings. The molecule has 1 aliphatic heterocycles. The summed E-state index contributed by atoms with van der Waals surface area (Å²) in [5, 5.41) is 10.4. The average molecular weight is 459 g/mol. The fraction of sp³-hybridized carbons (Fsp3) is 0.261. The highest BCUT2D eigenvalue weighted by Gasteiger charge is 2.33. The van der Waals surface area contributed by atoms with Gasteiger partial charge in [0.25, 0.3) is 0 Å². The first kappa shape index (κ1) is 22.0. The highest BCUT2D eigenvalue weighted by molar-refractivity contribution is 6.34. The number of carbonyl (C=O) groups excluding carboxylic acids is 1. The van der Waals surface area contributed by atoms with Crippen LogP contribution < -0.4 is 4.90 Å². The van der Waals surface area contributed by atoms with Crippen LogP contribution in [0.5, 0.6) is 5.75 Å². The van der Waals surface area contributed by atoms with Crippen molar-refractivity contribution in [3.8, 4) is 16.9 Å². The number of nitrogens with zero attached hydrogens (tertiary/aromatic N) is 4. The van der Waals surface area contributed by atoms with Crippen LogP contribution in [-0.2, 0) is 4.79 Å². The Kier molecular flexibility index (Phi) is 5.73. The Morgan fingerprint density at radius 1 is 1.22 bits per heavy atom. The molecule has 2 atom stereocenters. The minimum Gasteiger partial charge on any atom is -0.507 e. The van der Waals surface area contributed by atoms with Crippen molar-refractivity contribution in [2.45, 2.75) is 25.9 Å². The third-order valence-electron chi connectivity index (χ3n) is 5.69. The lowest BCUT2D eigenvalue weighted by Gasteiger charge is -2.45. The molecule has 4 rings (SSSR count). The summed E-state index contributed by atoms with van der Waals surface area (Å²) in [7, 11) is 0. The molecule has 1 aliphatic rings. The molecule has 6 nitrogen and oxygen atoms in total. The van der Waals surface area contributed by atoms with E-state index >= 15 is 4.39 Å². The maximum absolute atomic E-state index is 15.6. The first-order valence-electron chi connectivity index (χ1n) is 10.0. The summed E-state index contributed by atoms with van der Waals surface area (Å²) in [6.07, 6.45) is 2.52. The zero-order valence-corrected chi connectivity index (χ0v) is 18.3. The number of phenolic OH excluding ortho intramolecular Hbond substituents is 1. The van der Waals surface area contributed by atoms with Gasteiger partial charge in [-0.25, -0.2) is 18.7 Å². The minimum atomic E-state index is -0.850. The van der Waals surface area contributed by atoms with Crippen LogP contribution in [0, 0.1) is 11.6 Å². The monoisotopic (exact) mass is 458 g/mol. The van der Waals surface area contributed by atoms with Gasteiger partial charge in [-0.05, 0) is 38.1 Å². The van der Waals surface area contributed by atoms with Crippen LogP contribution in [0.2, 0.25) is 5.02 Å². The fourth-order valence-corrected chi connectivity index (χ4v) is 4.65. The molecule has 1 aromatic heterocycles. The Labute approximate surface area is 188 Å². The number of rotatable bonds is 3. The molecule has 2 heterocycles. The lowest BCUT2D eigenvalue weighted by atomic mass is 10.00. The molecule has 0 unspecified atom stereocenters. The molecule has 0 radical (unpaired) electrons. The number of piperazine rings is 1. The maximum atomic E-state index is 15.6. The predicted molar refractivity (Wildman–Crippen MR) is 120 cm³/mol. The van der Waals surface area contributed by atoms with Gasteiger partial charge in [0.1, 0.15) is 29.2 Å². The normalized spacial score (nSPS) is 18.8. The lowest BCUT2D eigenvalue weighted by molar-refractivity contribution is -0.127. The summed E-state index contributed by atoms with van der Waals surface area (Å²) < 4.78 is 30.0. The summed E-state index contributed by atoms with van der Waals surface area (Å²) in [4.78, 5) is 24.2. The third kappa shape index (κ3) is 3.54. The van der Waals surface area contributed by atoms with Gasteiger partial charge in [-0.2, -0.15) is 0 Å². The number of aromatic hydroxyl groups is 1. The Morgan fingerprint density at radius 2 is 1.91 bits per heavy atom. The summed E-state index contributed by atoms with van der Waals surface area (Å²) in [5.74, 6) is -1.77. The van der Waals surface area contributed by atoms with Gasteiger partial charge in [0.15, 0.2) is 5.82 Å². The molecule has 0 aliphatic carbocycles. The van der Waals surface area contributed by atoms with E-state index in [4.69, 9.17) is 11.6 Å². The Bertz CT molecular complexity index is 1200. The number of hydrogen-bond donors (Lipinski definition) is 1. The molecule has 2 aromatic carbocycles. The van der Waals surface area contributed by atoms with E-state index < -0.39 is 17.4 Å². The first-order chi connectivity index (χ1) is 15.2. The van der Waals surface area contributed by atoms with E-state index in [1.807, 2.05) is 18.7 Å². The van der Waals surface area contributed by atoms with Gasteiger partial charge in [0.2, 0.25) is 5.91 Å². The van der Waals surface area contributed by atoms with E-state index in [0.29, 0.717) is 24.3 Å². The summed E-state index contributed by atoms with van der Waals surface area (Å²) in [6, 6.07) is 4.93. The molecule has 32 heavy (non-hydrogen) atoms. The molecular weight excluding hydrogens is 438 g/mol. The summed E-state index contributed by atoms with van der Waals surface area (Å²) in [6.45, 7) is 8.31. The van der Waals surface area contributed by atoms with Crippen LogP contribution >= 0.6 is 11.6 Å². The molecule has 166 valence electrons. The van der Waals surface area contributed by atoms with E-state index in [1.54, 1.807) is 4.90 Å². The van der Waals surface area contributed by atoms with Crippen LogP contribution in [0.15, 0.2) is 43.2 Å². The van der Waals surface area contributed by atoms with Crippen LogP contribution in [0.25, 0.3) is 22.0 Å². The Balaban J connectivity index is 1.86. The van der Waals surface area contributed by atoms with Crippen molar-refractivity contribution in [2.24, 2.45) is 0 Å². The topological polar surface area (TPSA) is 69.6 Å². The van der Waals surface area contributed by atoms with Crippen LogP contribution in [-0.4, -0.2) is 51.1 Å². The standard InChI is InChI=1S/C23H21ClF2N4O2/c1-4-18(32)29-9-12(2)30(13(3)10-29)23-14-8-15(24)19(21(26)22(14)27-11-28-23)20-16(25)6-5-7-17(20)31/h4-8,11-13,31H,1,9-10H2,2-3H3/t12-,13-/m1/s1. The number of carbonyl (C=O) groups is 1. The molecule has 0 spiro atoms. The van der Waals surface area contributed by atoms with Gasteiger partial charge in [-0.15, -0.1) is 0 Å². The smallest absolute Gasteiger partial charge is 0.246 e. The Morgan fingerprint density at radius 3 is 2.53 bits per heavy atom. The van der Waals surface area contributed by atoms with Gasteiger partial charge in [-0.3, -0.25) is 4.79 Å². The molecule has 9 heteroatoms. The molecule has 1 N–H and O–H groups in total. The van der Waals surface area contributed by atoms with Crippen molar-refractivity contribution in [1.29, 1.82) is 0 Å². The predicted octanol–water partition coefficient (Wildman–Crippen LogP) is 4.55. The molecule has 1 saturated heterocycles. The maximum Gasteiger partial charge on any atom is 0.246 e. The van der Waals surface area contributed by atoms with Crippen molar-refractivity contribution in [2.75, 3.05) is 18.0 Å². The van der Waals surface area contributed by atoms with E-state index in [0.717, 1.165) is 6.07 Å². The quantitative estimate of drug-likeness (QED) is 0.583. The number of amides is 1. The van der Waals surface area contributed by atoms with Gasteiger partial charge in [0, 0.05) is 36.1 Å². The van der Waals surface area contributed by atoms with Gasteiger partial charge in [-0.1, -0.05) is 24.2 Å². The number of hydrogen-bond acceptors (Lipinski definition) is 5. The molecule has 0 bridgehead atoms. The Hall–Kier alpha value is -3.26. The van der Waals surface area contributed by atoms with E-state index in [9.17, 15) is 14.3 Å². The average Bonchev–Trinajstić information content (AvgIpc) is 2.75. The van der Waals surface area contributed by atoms with E-state index in [2.05, 4.69) is 16.5 Å². The van der Waals surface area contributed by atoms with Crippen LogP contribution in [0.1, 0.15) is 13.8 Å². The zero-order chi connectivity index (χ0) is 23.2. The minimum absolute atomic E-state index is 0.0407. The van der Waals surface area contributed by atoms with Crippen LogP contribution in [0.3, 0.4) is 0 Å². The first-order valence-corrected chi connectivity index (χ1v) is 10.4. The van der Waals surface area contributed by atoms with E-state index in [-0.39, 0.29) is 39.7 Å². The highest BCUT2D eigenvalue weighted by Crippen LogP contribution is 2.42. The SMILES string of the molecule is C=CC(=O)N1C[C@@H](C)N(c2ncnc3c(F)c(-c4c(O)cccc4F)c(Cl)cc23)[C@H](C)C1. The molecule has 0 saturated carbocycles. The van der Waals surface area contributed by atoms with Gasteiger partial charge >= 0.3 is 0 Å². The second kappa shape index (κ2) is 8.35. The van der Waals surface area contributed by atoms with Crippen molar-refractivity contribution >= 4 is 34.2 Å². The van der Waals surface area contributed by atoms with Crippen LogP contribution in [0.4, 0.5) is 14.6 Å². The largest absolute Gasteiger partial charge is 0.507 e. The second-order valence-corrected chi connectivity index (χ2v) is 8.23. The van der Waals surface area contributed by atoms with Crippen molar-refractivity contribution in [3.63, 3.8) is 0 Å². The number of aromatic nitrogens is 2. The van der Waals surface area contributed by atoms with Crippen molar-refractivity contribution in [3.05, 3.63) is 59.9 Å². The number of anilines is 1. The fourth-order valence-electron chi connectivity index (χ4n) is 4.36. The number of fused-ring (bicyclic) bond motifs is 1.